The number of likely N-dealkylation sites (tertiary alicyclic amines) is 1. The molecular weight excluding hydrogens is 403 g/mol. The summed E-state index contributed by atoms with van der Waals surface area (Å²) in [7, 11) is 2.20. The number of hydrogen-bond acceptors (Lipinski definition) is 3. The van der Waals surface area contributed by atoms with Gasteiger partial charge in [0.2, 0.25) is 0 Å². The summed E-state index contributed by atoms with van der Waals surface area (Å²) in [6, 6.07) is 0. The van der Waals surface area contributed by atoms with Gasteiger partial charge in [-0.2, -0.15) is 0 Å². The number of hydrogen-bond donors (Lipinski definition) is 2. The number of aliphatic imine (C=N–C) groups is 1. The van der Waals surface area contributed by atoms with E-state index in [2.05, 4.69) is 43.4 Å². The Bertz CT molecular complexity index is 313. The first-order chi connectivity index (χ1) is 10.6. The lowest BCUT2D eigenvalue weighted by Gasteiger charge is -2.28. The zero-order valence-electron chi connectivity index (χ0n) is 15.4. The Morgan fingerprint density at radius 1 is 1.35 bits per heavy atom. The molecule has 0 bridgehead atoms. The normalized spacial score (nSPS) is 19.5. The molecule has 1 saturated heterocycles. The molecule has 0 aromatic heterocycles. The number of piperidine rings is 1. The van der Waals surface area contributed by atoms with Crippen molar-refractivity contribution in [3.8, 4) is 0 Å². The van der Waals surface area contributed by atoms with Crippen molar-refractivity contribution in [2.75, 3.05) is 53.0 Å². The molecule has 0 aromatic carbocycles. The SMILES string of the molecule is CCNC(=NCC1CCCN(C)C1)NCCCOCC(C)C.I. The summed E-state index contributed by atoms with van der Waals surface area (Å²) in [6.45, 7) is 13.3. The van der Waals surface area contributed by atoms with E-state index in [-0.39, 0.29) is 24.0 Å². The van der Waals surface area contributed by atoms with Crippen LogP contribution in [0.2, 0.25) is 0 Å². The maximum atomic E-state index is 5.60. The fraction of sp³-hybridized carbons (Fsp3) is 0.941. The second-order valence-electron chi connectivity index (χ2n) is 6.74. The van der Waals surface area contributed by atoms with E-state index in [0.29, 0.717) is 11.8 Å². The van der Waals surface area contributed by atoms with E-state index >= 15 is 0 Å². The molecule has 0 radical (unpaired) electrons. The van der Waals surface area contributed by atoms with Crippen LogP contribution in [0.1, 0.15) is 40.0 Å². The largest absolute Gasteiger partial charge is 0.381 e. The third-order valence-electron chi connectivity index (χ3n) is 3.78. The molecule has 0 amide bonds. The fourth-order valence-corrected chi connectivity index (χ4v) is 2.68. The highest BCUT2D eigenvalue weighted by atomic mass is 127. The molecule has 6 heteroatoms. The highest BCUT2D eigenvalue weighted by Gasteiger charge is 2.16. The summed E-state index contributed by atoms with van der Waals surface area (Å²) < 4.78 is 5.60. The van der Waals surface area contributed by atoms with Gasteiger partial charge < -0.3 is 20.3 Å². The monoisotopic (exact) mass is 440 g/mol. The van der Waals surface area contributed by atoms with Gasteiger partial charge in [0.05, 0.1) is 0 Å². The van der Waals surface area contributed by atoms with E-state index < -0.39 is 0 Å². The highest BCUT2D eigenvalue weighted by molar-refractivity contribution is 14.0. The Balaban J connectivity index is 0.00000484. The molecule has 2 N–H and O–H groups in total. The van der Waals surface area contributed by atoms with Gasteiger partial charge in [0.25, 0.3) is 0 Å². The van der Waals surface area contributed by atoms with Crippen LogP contribution in [0.4, 0.5) is 0 Å². The minimum absolute atomic E-state index is 0. The number of nitrogens with one attached hydrogen (secondary N) is 2. The number of guanidine groups is 1. The fourth-order valence-electron chi connectivity index (χ4n) is 2.68. The molecule has 1 aliphatic heterocycles. The molecule has 138 valence electrons. The van der Waals surface area contributed by atoms with Crippen molar-refractivity contribution < 1.29 is 4.74 Å². The van der Waals surface area contributed by atoms with Crippen molar-refractivity contribution in [3.05, 3.63) is 0 Å². The van der Waals surface area contributed by atoms with Gasteiger partial charge in [0.1, 0.15) is 0 Å². The summed E-state index contributed by atoms with van der Waals surface area (Å²) in [5, 5.41) is 6.73. The van der Waals surface area contributed by atoms with Crippen molar-refractivity contribution in [2.45, 2.75) is 40.0 Å². The topological polar surface area (TPSA) is 48.9 Å². The minimum atomic E-state index is 0. The van der Waals surface area contributed by atoms with E-state index in [1.807, 2.05) is 0 Å². The molecule has 0 aliphatic carbocycles. The quantitative estimate of drug-likeness (QED) is 0.251. The summed E-state index contributed by atoms with van der Waals surface area (Å²) in [5.41, 5.74) is 0. The van der Waals surface area contributed by atoms with Gasteiger partial charge in [-0.25, -0.2) is 0 Å². The van der Waals surface area contributed by atoms with Gasteiger partial charge in [-0.05, 0) is 51.6 Å². The Hall–Kier alpha value is -0.0800. The molecule has 1 rings (SSSR count). The molecule has 5 nitrogen and oxygen atoms in total. The molecule has 0 aromatic rings. The highest BCUT2D eigenvalue weighted by Crippen LogP contribution is 2.14. The number of nitrogens with zero attached hydrogens (tertiary/aromatic N) is 2. The van der Waals surface area contributed by atoms with Crippen molar-refractivity contribution in [3.63, 3.8) is 0 Å². The molecule has 1 atom stereocenters. The molecule has 1 aliphatic rings. The number of ether oxygens (including phenoxy) is 1. The lowest BCUT2D eigenvalue weighted by molar-refractivity contribution is 0.108. The molecule has 1 fully saturated rings. The van der Waals surface area contributed by atoms with Crippen LogP contribution < -0.4 is 10.6 Å². The van der Waals surface area contributed by atoms with Gasteiger partial charge in [-0.15, -0.1) is 24.0 Å². The predicted molar refractivity (Wildman–Crippen MR) is 110 cm³/mol. The van der Waals surface area contributed by atoms with Crippen LogP contribution in [-0.2, 0) is 4.74 Å². The maximum absolute atomic E-state index is 5.60. The Morgan fingerprint density at radius 3 is 2.78 bits per heavy atom. The van der Waals surface area contributed by atoms with E-state index in [4.69, 9.17) is 9.73 Å². The molecule has 0 saturated carbocycles. The molecule has 1 heterocycles. The average molecular weight is 440 g/mol. The van der Waals surface area contributed by atoms with E-state index in [0.717, 1.165) is 45.2 Å². The Labute approximate surface area is 160 Å². The zero-order chi connectivity index (χ0) is 16.2. The standard InChI is InChI=1S/C17H36N4O.HI/c1-5-18-17(19-9-7-11-22-14-15(2)3)20-12-16-8-6-10-21(4)13-16;/h15-16H,5-14H2,1-4H3,(H2,18,19,20);1H. The van der Waals surface area contributed by atoms with Crippen molar-refractivity contribution in [1.82, 2.24) is 15.5 Å². The third kappa shape index (κ3) is 12.0. The molecule has 1 unspecified atom stereocenters. The van der Waals surface area contributed by atoms with Gasteiger partial charge in [0.15, 0.2) is 5.96 Å². The average Bonchev–Trinajstić information content (AvgIpc) is 2.48. The maximum Gasteiger partial charge on any atom is 0.191 e. The number of rotatable bonds is 9. The Morgan fingerprint density at radius 2 is 2.13 bits per heavy atom. The van der Waals surface area contributed by atoms with Gasteiger partial charge in [0, 0.05) is 39.4 Å². The first kappa shape index (κ1) is 22.9. The lowest BCUT2D eigenvalue weighted by atomic mass is 9.99. The first-order valence-corrected chi connectivity index (χ1v) is 8.90. The summed E-state index contributed by atoms with van der Waals surface area (Å²) >= 11 is 0. The van der Waals surface area contributed by atoms with Crippen LogP contribution in [0.3, 0.4) is 0 Å². The third-order valence-corrected chi connectivity index (χ3v) is 3.78. The first-order valence-electron chi connectivity index (χ1n) is 8.90. The van der Waals surface area contributed by atoms with Gasteiger partial charge in [-0.3, -0.25) is 4.99 Å². The van der Waals surface area contributed by atoms with Crippen LogP contribution in [0, 0.1) is 11.8 Å². The number of halogens is 1. The smallest absolute Gasteiger partial charge is 0.191 e. The van der Waals surface area contributed by atoms with Crippen molar-refractivity contribution in [1.29, 1.82) is 0 Å². The summed E-state index contributed by atoms with van der Waals surface area (Å²) in [5.74, 6) is 2.25. The molecular formula is C17H37IN4O. The van der Waals surface area contributed by atoms with Crippen LogP contribution in [-0.4, -0.2) is 63.8 Å². The molecule has 23 heavy (non-hydrogen) atoms. The van der Waals surface area contributed by atoms with Crippen LogP contribution in [0.15, 0.2) is 4.99 Å². The van der Waals surface area contributed by atoms with Crippen molar-refractivity contribution in [2.24, 2.45) is 16.8 Å². The van der Waals surface area contributed by atoms with Gasteiger partial charge >= 0.3 is 0 Å². The van der Waals surface area contributed by atoms with E-state index in [9.17, 15) is 0 Å². The lowest BCUT2D eigenvalue weighted by Crippen LogP contribution is -2.39. The second-order valence-corrected chi connectivity index (χ2v) is 6.74. The Kier molecular flexibility index (Phi) is 14.2. The second kappa shape index (κ2) is 14.3. The van der Waals surface area contributed by atoms with Crippen LogP contribution in [0.25, 0.3) is 0 Å². The summed E-state index contributed by atoms with van der Waals surface area (Å²) in [4.78, 5) is 7.16. The van der Waals surface area contributed by atoms with Gasteiger partial charge in [-0.1, -0.05) is 13.8 Å². The molecule has 0 spiro atoms. The van der Waals surface area contributed by atoms with E-state index in [1.54, 1.807) is 0 Å². The predicted octanol–water partition coefficient (Wildman–Crippen LogP) is 2.56. The van der Waals surface area contributed by atoms with Crippen LogP contribution in [0.5, 0.6) is 0 Å². The zero-order valence-corrected chi connectivity index (χ0v) is 17.8. The van der Waals surface area contributed by atoms with Crippen LogP contribution >= 0.6 is 24.0 Å². The summed E-state index contributed by atoms with van der Waals surface area (Å²) in [6.07, 6.45) is 3.62. The van der Waals surface area contributed by atoms with E-state index in [1.165, 1.54) is 25.9 Å². The minimum Gasteiger partial charge on any atom is -0.381 e. The van der Waals surface area contributed by atoms with Crippen molar-refractivity contribution >= 4 is 29.9 Å².